The third kappa shape index (κ3) is 3.52. The Bertz CT molecular complexity index is 1340. The summed E-state index contributed by atoms with van der Waals surface area (Å²) in [6.07, 6.45) is -3.71. The fraction of sp³-hybridized carbons (Fsp3) is 0.435. The Hall–Kier alpha value is -2.82. The third-order valence-corrected chi connectivity index (χ3v) is 10.1. The van der Waals surface area contributed by atoms with Crippen molar-refractivity contribution >= 4 is 21.5 Å². The number of benzene rings is 1. The normalized spacial score (nSPS) is 28.0. The number of amidine groups is 1. The Kier molecular flexibility index (Phi) is 5.43. The van der Waals surface area contributed by atoms with Gasteiger partial charge in [-0.25, -0.2) is 12.8 Å². The van der Waals surface area contributed by atoms with Crippen LogP contribution in [0, 0.1) is 12.7 Å². The van der Waals surface area contributed by atoms with Crippen molar-refractivity contribution in [2.45, 2.75) is 61.7 Å². The second-order valence-electron chi connectivity index (χ2n) is 9.25. The number of rotatable bonds is 4. The van der Waals surface area contributed by atoms with Gasteiger partial charge in [-0.3, -0.25) is 14.8 Å². The van der Waals surface area contributed by atoms with Crippen molar-refractivity contribution < 1.29 is 30.8 Å². The van der Waals surface area contributed by atoms with Gasteiger partial charge in [0.2, 0.25) is 0 Å². The van der Waals surface area contributed by atoms with E-state index in [1.807, 2.05) is 0 Å². The molecule has 0 saturated carbocycles. The van der Waals surface area contributed by atoms with Crippen LogP contribution in [0.4, 0.5) is 17.6 Å². The zero-order valence-electron chi connectivity index (χ0n) is 18.7. The minimum atomic E-state index is -4.58. The van der Waals surface area contributed by atoms with Crippen LogP contribution in [-0.2, 0) is 28.0 Å². The standard InChI is InChI=1S/C23H23F4N3O3S/c1-12-8-14(23(25,26)27)11-29-19(12)17(31)10-13-4-5-16(24)15(9-13)22(3)18-6-7-21(2,20(28)30-22)34(18,32)33/h4-5,8-9,11,18H,6-7,10H2,1-3H3,(H2,28,30)/t18-,21+,22+/m0/s1. The summed E-state index contributed by atoms with van der Waals surface area (Å²) in [5.74, 6) is -1.32. The lowest BCUT2D eigenvalue weighted by Crippen LogP contribution is -2.55. The maximum Gasteiger partial charge on any atom is 0.417 e. The smallest absolute Gasteiger partial charge is 0.386 e. The van der Waals surface area contributed by atoms with Crippen LogP contribution in [-0.4, -0.2) is 35.0 Å². The highest BCUT2D eigenvalue weighted by atomic mass is 32.2. The van der Waals surface area contributed by atoms with Gasteiger partial charge in [-0.05, 0) is 62.9 Å². The summed E-state index contributed by atoms with van der Waals surface area (Å²) < 4.78 is 78.7. The number of aryl methyl sites for hydroxylation is 1. The van der Waals surface area contributed by atoms with Crippen LogP contribution in [0.15, 0.2) is 35.5 Å². The molecule has 3 atom stereocenters. The van der Waals surface area contributed by atoms with Gasteiger partial charge in [0.25, 0.3) is 0 Å². The van der Waals surface area contributed by atoms with Crippen molar-refractivity contribution in [1.82, 2.24) is 4.98 Å². The summed E-state index contributed by atoms with van der Waals surface area (Å²) in [4.78, 5) is 20.9. The molecular formula is C23H23F4N3O3S. The number of aliphatic imine (C=N–C) groups is 1. The molecule has 182 valence electrons. The molecule has 11 heteroatoms. The molecule has 0 spiro atoms. The summed E-state index contributed by atoms with van der Waals surface area (Å²) in [6.45, 7) is 4.39. The lowest BCUT2D eigenvalue weighted by atomic mass is 9.85. The number of carbonyl (C=O) groups is 1. The molecule has 0 amide bonds. The summed E-state index contributed by atoms with van der Waals surface area (Å²) in [7, 11) is -3.74. The lowest BCUT2D eigenvalue weighted by Gasteiger charge is -2.39. The largest absolute Gasteiger partial charge is 0.417 e. The molecule has 2 aliphatic heterocycles. The van der Waals surface area contributed by atoms with Crippen LogP contribution >= 0.6 is 0 Å². The average Bonchev–Trinajstić information content (AvgIpc) is 2.91. The maximum absolute atomic E-state index is 15.0. The van der Waals surface area contributed by atoms with Crippen molar-refractivity contribution in [3.05, 3.63) is 64.2 Å². The van der Waals surface area contributed by atoms with Crippen LogP contribution in [0.25, 0.3) is 0 Å². The lowest BCUT2D eigenvalue weighted by molar-refractivity contribution is -0.137. The molecule has 0 radical (unpaired) electrons. The average molecular weight is 498 g/mol. The molecule has 2 N–H and O–H groups in total. The van der Waals surface area contributed by atoms with Crippen LogP contribution < -0.4 is 5.73 Å². The minimum absolute atomic E-state index is 0.00428. The number of fused-ring (bicyclic) bond motifs is 2. The fourth-order valence-corrected chi connectivity index (χ4v) is 7.49. The van der Waals surface area contributed by atoms with Crippen molar-refractivity contribution in [2.24, 2.45) is 10.7 Å². The molecule has 0 aliphatic carbocycles. The number of hydrogen-bond donors (Lipinski definition) is 1. The van der Waals surface area contributed by atoms with E-state index in [0.717, 1.165) is 12.1 Å². The van der Waals surface area contributed by atoms with E-state index < -0.39 is 48.7 Å². The summed E-state index contributed by atoms with van der Waals surface area (Å²) in [5.41, 5.74) is 3.89. The number of halogens is 4. The van der Waals surface area contributed by atoms with Gasteiger partial charge in [0.05, 0.1) is 10.8 Å². The van der Waals surface area contributed by atoms with Crippen molar-refractivity contribution in [3.8, 4) is 0 Å². The van der Waals surface area contributed by atoms with Gasteiger partial charge in [-0.15, -0.1) is 0 Å². The predicted octanol–water partition coefficient (Wildman–Crippen LogP) is 3.90. The highest BCUT2D eigenvalue weighted by molar-refractivity contribution is 7.94. The Balaban J connectivity index is 1.70. The van der Waals surface area contributed by atoms with E-state index in [1.54, 1.807) is 0 Å². The number of Topliss-reactive ketones (excluding diaryl/α,β-unsaturated/α-hetero) is 1. The quantitative estimate of drug-likeness (QED) is 0.510. The number of sulfone groups is 1. The van der Waals surface area contributed by atoms with E-state index in [1.165, 1.54) is 32.9 Å². The SMILES string of the molecule is Cc1cc(C(F)(F)F)cnc1C(=O)Cc1ccc(F)c([C@@]2(C)N=C(N)[C@@]3(C)CC[C@@H]2S3(=O)=O)c1. The first-order valence-corrected chi connectivity index (χ1v) is 12.1. The molecule has 2 bridgehead atoms. The fourth-order valence-electron chi connectivity index (χ4n) is 4.91. The Morgan fingerprint density at radius 2 is 1.91 bits per heavy atom. The molecule has 2 aromatic rings. The molecule has 2 aliphatic rings. The van der Waals surface area contributed by atoms with Gasteiger partial charge in [0.1, 0.15) is 27.6 Å². The van der Waals surface area contributed by atoms with E-state index >= 15 is 0 Å². The van der Waals surface area contributed by atoms with Crippen LogP contribution in [0.2, 0.25) is 0 Å². The number of alkyl halides is 3. The molecule has 1 saturated heterocycles. The van der Waals surface area contributed by atoms with E-state index in [0.29, 0.717) is 11.8 Å². The number of carbonyl (C=O) groups excluding carboxylic acids is 1. The summed E-state index contributed by atoms with van der Waals surface area (Å²) in [5, 5.41) is -0.975. The maximum atomic E-state index is 15.0. The third-order valence-electron chi connectivity index (χ3n) is 7.02. The number of ketones is 1. The first-order chi connectivity index (χ1) is 15.6. The van der Waals surface area contributed by atoms with Crippen LogP contribution in [0.1, 0.15) is 59.4 Å². The number of aromatic nitrogens is 1. The van der Waals surface area contributed by atoms with E-state index in [9.17, 15) is 30.8 Å². The molecular weight excluding hydrogens is 474 g/mol. The Morgan fingerprint density at radius 3 is 2.53 bits per heavy atom. The molecule has 3 heterocycles. The number of nitrogens with zero attached hydrogens (tertiary/aromatic N) is 2. The molecule has 1 aromatic heterocycles. The highest BCUT2D eigenvalue weighted by Crippen LogP contribution is 2.51. The van der Waals surface area contributed by atoms with Gasteiger partial charge < -0.3 is 5.73 Å². The van der Waals surface area contributed by atoms with E-state index in [-0.39, 0.29) is 41.9 Å². The van der Waals surface area contributed by atoms with Crippen molar-refractivity contribution in [2.75, 3.05) is 0 Å². The second-order valence-corrected chi connectivity index (χ2v) is 11.8. The van der Waals surface area contributed by atoms with E-state index in [2.05, 4.69) is 9.98 Å². The topological polar surface area (TPSA) is 102 Å². The zero-order chi connectivity index (χ0) is 25.3. The predicted molar refractivity (Wildman–Crippen MR) is 118 cm³/mol. The zero-order valence-corrected chi connectivity index (χ0v) is 19.5. The van der Waals surface area contributed by atoms with Gasteiger partial charge in [0.15, 0.2) is 15.6 Å². The van der Waals surface area contributed by atoms with Crippen molar-refractivity contribution in [3.63, 3.8) is 0 Å². The molecule has 1 aromatic carbocycles. The number of pyridine rings is 1. The molecule has 4 rings (SSSR count). The second kappa shape index (κ2) is 7.59. The Morgan fingerprint density at radius 1 is 1.24 bits per heavy atom. The number of nitrogens with two attached hydrogens (primary N) is 1. The van der Waals surface area contributed by atoms with Gasteiger partial charge >= 0.3 is 6.18 Å². The number of hydrogen-bond acceptors (Lipinski definition) is 6. The van der Waals surface area contributed by atoms with Gasteiger partial charge in [0, 0.05) is 18.2 Å². The molecule has 1 fully saturated rings. The molecule has 34 heavy (non-hydrogen) atoms. The first-order valence-electron chi connectivity index (χ1n) is 10.6. The summed E-state index contributed by atoms with van der Waals surface area (Å²) in [6, 6.07) is 4.71. The van der Waals surface area contributed by atoms with Gasteiger partial charge in [-0.1, -0.05) is 6.07 Å². The molecule has 6 nitrogen and oxygen atoms in total. The highest BCUT2D eigenvalue weighted by Gasteiger charge is 2.63. The van der Waals surface area contributed by atoms with Crippen molar-refractivity contribution in [1.29, 1.82) is 0 Å². The van der Waals surface area contributed by atoms with E-state index in [4.69, 9.17) is 5.73 Å². The Labute approximate surface area is 194 Å². The van der Waals surface area contributed by atoms with Crippen LogP contribution in [0.3, 0.4) is 0 Å². The minimum Gasteiger partial charge on any atom is -0.386 e. The first kappa shape index (κ1) is 24.3. The van der Waals surface area contributed by atoms with Crippen LogP contribution in [0.5, 0.6) is 0 Å². The molecule has 0 unspecified atom stereocenters. The van der Waals surface area contributed by atoms with Gasteiger partial charge in [-0.2, -0.15) is 13.2 Å². The monoisotopic (exact) mass is 497 g/mol. The summed E-state index contributed by atoms with van der Waals surface area (Å²) >= 11 is 0.